The van der Waals surface area contributed by atoms with Crippen LogP contribution in [0.2, 0.25) is 0 Å². The maximum Gasteiger partial charge on any atom is 0.398 e. The molecule has 0 bridgehead atoms. The van der Waals surface area contributed by atoms with Crippen molar-refractivity contribution in [3.63, 3.8) is 0 Å². The van der Waals surface area contributed by atoms with Gasteiger partial charge in [-0.2, -0.15) is 13.2 Å². The second-order valence-corrected chi connectivity index (χ2v) is 9.64. The van der Waals surface area contributed by atoms with Crippen molar-refractivity contribution in [1.82, 2.24) is 10.3 Å². The number of carbonyl (C=O) groups is 1. The smallest absolute Gasteiger partial charge is 0.398 e. The standard InChI is InChI=1S/C28H27F6N5O2/c29-18-6-3-15(4-7-18)25-26(40)23(37-13-24(30)31)11-22(39-25)19(28(32,33)34)12-38-27(41)16-5-8-20(35)17(9-16)10-21(36)14-1-2-14/h3-11,14,19,24,40H,1-2,12-13,35-36H2,(H,37,39)(H,38,41)/b21-10-. The van der Waals surface area contributed by atoms with Gasteiger partial charge in [-0.3, -0.25) is 4.79 Å². The summed E-state index contributed by atoms with van der Waals surface area (Å²) >= 11 is 0. The maximum atomic E-state index is 14.3. The van der Waals surface area contributed by atoms with Crippen LogP contribution in [0.3, 0.4) is 0 Å². The van der Waals surface area contributed by atoms with Crippen molar-refractivity contribution in [1.29, 1.82) is 0 Å². The number of pyridine rings is 1. The van der Waals surface area contributed by atoms with Gasteiger partial charge < -0.3 is 27.2 Å². The number of nitrogens with two attached hydrogens (primary N) is 2. The molecule has 1 saturated carbocycles. The minimum atomic E-state index is -4.94. The van der Waals surface area contributed by atoms with Crippen molar-refractivity contribution in [3.8, 4) is 17.0 Å². The Balaban J connectivity index is 1.64. The van der Waals surface area contributed by atoms with E-state index in [1.165, 1.54) is 30.3 Å². The molecule has 1 heterocycles. The first-order valence-electron chi connectivity index (χ1n) is 12.6. The zero-order valence-electron chi connectivity index (χ0n) is 21.5. The van der Waals surface area contributed by atoms with Crippen molar-refractivity contribution >= 4 is 23.4 Å². The predicted molar refractivity (Wildman–Crippen MR) is 143 cm³/mol. The van der Waals surface area contributed by atoms with E-state index in [0.717, 1.165) is 31.0 Å². The fourth-order valence-corrected chi connectivity index (χ4v) is 4.11. The van der Waals surface area contributed by atoms with E-state index in [2.05, 4.69) is 15.6 Å². The summed E-state index contributed by atoms with van der Waals surface area (Å²) in [5.41, 5.74) is 12.0. The van der Waals surface area contributed by atoms with Crippen molar-refractivity contribution < 1.29 is 36.2 Å². The fraction of sp³-hybridized carbons (Fsp3) is 0.286. The van der Waals surface area contributed by atoms with E-state index in [-0.39, 0.29) is 22.7 Å². The van der Waals surface area contributed by atoms with Crippen LogP contribution < -0.4 is 22.1 Å². The largest absolute Gasteiger partial charge is 0.504 e. The lowest BCUT2D eigenvalue weighted by molar-refractivity contribution is -0.149. The third kappa shape index (κ3) is 7.41. The van der Waals surface area contributed by atoms with Crippen molar-refractivity contribution in [2.24, 2.45) is 11.7 Å². The minimum absolute atomic E-state index is 0.0416. The molecule has 13 heteroatoms. The molecule has 1 amide bonds. The van der Waals surface area contributed by atoms with Gasteiger partial charge in [0.2, 0.25) is 0 Å². The lowest BCUT2D eigenvalue weighted by atomic mass is 10.0. The molecule has 0 spiro atoms. The lowest BCUT2D eigenvalue weighted by Gasteiger charge is -2.23. The Morgan fingerprint density at radius 2 is 1.78 bits per heavy atom. The van der Waals surface area contributed by atoms with Gasteiger partial charge >= 0.3 is 6.18 Å². The molecule has 1 aliphatic carbocycles. The number of benzene rings is 2. The highest BCUT2D eigenvalue weighted by Crippen LogP contribution is 2.41. The zero-order valence-corrected chi connectivity index (χ0v) is 21.5. The van der Waals surface area contributed by atoms with Crippen LogP contribution in [0.4, 0.5) is 37.7 Å². The number of nitrogen functional groups attached to an aromatic ring is 1. The molecule has 218 valence electrons. The number of amides is 1. The summed E-state index contributed by atoms with van der Waals surface area (Å²) in [5, 5.41) is 15.1. The topological polar surface area (TPSA) is 126 Å². The van der Waals surface area contributed by atoms with E-state index in [1.54, 1.807) is 6.08 Å². The lowest BCUT2D eigenvalue weighted by Crippen LogP contribution is -2.35. The molecule has 4 rings (SSSR count). The van der Waals surface area contributed by atoms with Crippen LogP contribution in [0.1, 0.15) is 40.4 Å². The average Bonchev–Trinajstić information content (AvgIpc) is 3.75. The predicted octanol–water partition coefficient (Wildman–Crippen LogP) is 5.64. The Labute approximate surface area is 231 Å². The second-order valence-electron chi connectivity index (χ2n) is 9.64. The highest BCUT2D eigenvalue weighted by atomic mass is 19.4. The molecule has 7 nitrogen and oxygen atoms in total. The molecule has 0 aliphatic heterocycles. The Kier molecular flexibility index (Phi) is 8.64. The summed E-state index contributed by atoms with van der Waals surface area (Å²) in [7, 11) is 0. The van der Waals surface area contributed by atoms with Gasteiger partial charge in [-0.05, 0) is 78.9 Å². The zero-order chi connectivity index (χ0) is 29.9. The number of nitrogens with one attached hydrogen (secondary N) is 2. The molecular weight excluding hydrogens is 552 g/mol. The van der Waals surface area contributed by atoms with E-state index >= 15 is 0 Å². The van der Waals surface area contributed by atoms with Gasteiger partial charge in [-0.15, -0.1) is 0 Å². The van der Waals surface area contributed by atoms with Crippen molar-refractivity contribution in [3.05, 3.63) is 76.9 Å². The molecule has 1 aromatic heterocycles. The number of alkyl halides is 5. The van der Waals surface area contributed by atoms with Crippen molar-refractivity contribution in [2.45, 2.75) is 31.4 Å². The van der Waals surface area contributed by atoms with E-state index in [9.17, 15) is 36.2 Å². The van der Waals surface area contributed by atoms with Gasteiger partial charge in [-0.1, -0.05) is 0 Å². The molecular formula is C28H27F6N5O2. The number of rotatable bonds is 10. The van der Waals surface area contributed by atoms with E-state index in [0.29, 0.717) is 16.9 Å². The molecule has 0 saturated heterocycles. The number of nitrogens with zero attached hydrogens (tertiary/aromatic N) is 1. The number of hydrogen-bond acceptors (Lipinski definition) is 6. The SMILES string of the molecule is N/C(=C\c1cc(C(=O)NCC(c2cc(NCC(F)F)c(O)c(-c3ccc(F)cc3)n2)C(F)(F)F)ccc1N)C1CC1. The highest BCUT2D eigenvalue weighted by molar-refractivity contribution is 5.95. The second kappa shape index (κ2) is 12.0. The van der Waals surface area contributed by atoms with Crippen LogP contribution in [0.5, 0.6) is 5.75 Å². The van der Waals surface area contributed by atoms with Gasteiger partial charge in [0.05, 0.1) is 17.9 Å². The van der Waals surface area contributed by atoms with E-state index in [4.69, 9.17) is 11.5 Å². The van der Waals surface area contributed by atoms with Crippen LogP contribution in [-0.2, 0) is 0 Å². The molecule has 1 fully saturated rings. The molecule has 0 radical (unpaired) electrons. The first-order valence-corrected chi connectivity index (χ1v) is 12.6. The first-order chi connectivity index (χ1) is 19.3. The summed E-state index contributed by atoms with van der Waals surface area (Å²) in [4.78, 5) is 16.8. The molecule has 1 unspecified atom stereocenters. The van der Waals surface area contributed by atoms with Crippen LogP contribution in [0.15, 0.2) is 54.2 Å². The molecule has 1 aliphatic rings. The monoisotopic (exact) mass is 579 g/mol. The first kappa shape index (κ1) is 29.6. The number of hydrogen-bond donors (Lipinski definition) is 5. The number of aromatic nitrogens is 1. The molecule has 1 atom stereocenters. The summed E-state index contributed by atoms with van der Waals surface area (Å²) < 4.78 is 81.9. The Morgan fingerprint density at radius 1 is 1.10 bits per heavy atom. The number of halogens is 6. The molecule has 3 aromatic rings. The van der Waals surface area contributed by atoms with Crippen LogP contribution in [0, 0.1) is 11.7 Å². The van der Waals surface area contributed by atoms with Crippen molar-refractivity contribution in [2.75, 3.05) is 24.1 Å². The Morgan fingerprint density at radius 3 is 2.39 bits per heavy atom. The fourth-order valence-electron chi connectivity index (χ4n) is 4.11. The van der Waals surface area contributed by atoms with Gasteiger partial charge in [-0.25, -0.2) is 18.2 Å². The van der Waals surface area contributed by atoms with Gasteiger partial charge in [0.1, 0.15) is 17.4 Å². The Bertz CT molecular complexity index is 1440. The van der Waals surface area contributed by atoms with Crippen LogP contribution >= 0.6 is 0 Å². The maximum absolute atomic E-state index is 14.3. The van der Waals surface area contributed by atoms with Gasteiger partial charge in [0.25, 0.3) is 12.3 Å². The number of carbonyl (C=O) groups excluding carboxylic acids is 1. The normalized spacial score (nSPS) is 14.7. The minimum Gasteiger partial charge on any atom is -0.504 e. The summed E-state index contributed by atoms with van der Waals surface area (Å²) in [6.07, 6.45) is -4.31. The van der Waals surface area contributed by atoms with Crippen LogP contribution in [-0.4, -0.2) is 41.7 Å². The Hall–Kier alpha value is -4.42. The summed E-state index contributed by atoms with van der Waals surface area (Å²) in [6, 6.07) is 9.37. The van der Waals surface area contributed by atoms with Gasteiger partial charge in [0, 0.05) is 29.1 Å². The number of aromatic hydroxyl groups is 1. The molecule has 41 heavy (non-hydrogen) atoms. The third-order valence-corrected chi connectivity index (χ3v) is 6.52. The number of allylic oxidation sites excluding steroid dienone is 1. The van der Waals surface area contributed by atoms with E-state index in [1.807, 2.05) is 0 Å². The number of anilines is 2. The van der Waals surface area contributed by atoms with E-state index < -0.39 is 60.5 Å². The molecule has 2 aromatic carbocycles. The average molecular weight is 580 g/mol. The van der Waals surface area contributed by atoms with Crippen LogP contribution in [0.25, 0.3) is 17.3 Å². The summed E-state index contributed by atoms with van der Waals surface area (Å²) in [5.74, 6) is -4.33. The quantitative estimate of drug-likeness (QED) is 0.156. The molecule has 7 N–H and O–H groups in total. The third-order valence-electron chi connectivity index (χ3n) is 6.52. The highest BCUT2D eigenvalue weighted by Gasteiger charge is 2.42. The summed E-state index contributed by atoms with van der Waals surface area (Å²) in [6.45, 7) is -1.93. The van der Waals surface area contributed by atoms with Gasteiger partial charge in [0.15, 0.2) is 5.75 Å².